The van der Waals surface area contributed by atoms with Gasteiger partial charge in [0.15, 0.2) is 5.65 Å². The van der Waals surface area contributed by atoms with Gasteiger partial charge in [0.2, 0.25) is 5.82 Å². The molecule has 5 heterocycles. The highest BCUT2D eigenvalue weighted by Crippen LogP contribution is 2.30. The fourth-order valence-corrected chi connectivity index (χ4v) is 6.30. The van der Waals surface area contributed by atoms with Gasteiger partial charge >= 0.3 is 6.18 Å². The Hall–Kier alpha value is -3.38. The van der Waals surface area contributed by atoms with Gasteiger partial charge in [-0.05, 0) is 67.6 Å². The van der Waals surface area contributed by atoms with Crippen LogP contribution in [0.4, 0.5) is 19.0 Å². The van der Waals surface area contributed by atoms with Crippen LogP contribution in [-0.4, -0.2) is 52.7 Å². The van der Waals surface area contributed by atoms with Gasteiger partial charge in [-0.15, -0.1) is 10.2 Å². The van der Waals surface area contributed by atoms with Crippen LogP contribution in [0.5, 0.6) is 0 Å². The van der Waals surface area contributed by atoms with Crippen molar-refractivity contribution in [1.29, 1.82) is 0 Å². The molecule has 5 rings (SSSR count). The molecule has 4 aromatic rings. The summed E-state index contributed by atoms with van der Waals surface area (Å²) in [7, 11) is -1.41. The minimum Gasteiger partial charge on any atom is -0.354 e. The fraction of sp³-hybridized carbons (Fsp3) is 0.429. The van der Waals surface area contributed by atoms with Crippen molar-refractivity contribution in [3.8, 4) is 0 Å². The number of hydrogen-bond donors (Lipinski definition) is 0. The molecule has 1 atom stereocenters. The highest BCUT2D eigenvalue weighted by Gasteiger charge is 2.37. The van der Waals surface area contributed by atoms with E-state index in [2.05, 4.69) is 27.0 Å². The van der Waals surface area contributed by atoms with Crippen LogP contribution in [-0.2, 0) is 30.1 Å². The smallest absolute Gasteiger partial charge is 0.354 e. The number of nitrogens with zero attached hydrogens (tertiary/aromatic N) is 7. The predicted molar refractivity (Wildman–Crippen MR) is 147 cm³/mol. The quantitative estimate of drug-likeness (QED) is 0.304. The number of rotatable bonds is 7. The maximum Gasteiger partial charge on any atom is 0.452 e. The molecule has 0 aromatic carbocycles. The maximum absolute atomic E-state index is 13.8. The SMILES string of the molecule is CCCCN1CCN(Cc2nc(Cc3ccn4c(C(F)(F)F)nnc4c3C)ccc2C)S(=O)c2cc(C)cnc21. The lowest BCUT2D eigenvalue weighted by molar-refractivity contribution is -0.145. The summed E-state index contributed by atoms with van der Waals surface area (Å²) < 4.78 is 56.5. The van der Waals surface area contributed by atoms with E-state index in [0.717, 1.165) is 62.6 Å². The highest BCUT2D eigenvalue weighted by atomic mass is 32.2. The zero-order valence-electron chi connectivity index (χ0n) is 23.0. The van der Waals surface area contributed by atoms with Crippen LogP contribution >= 0.6 is 0 Å². The minimum atomic E-state index is -4.59. The minimum absolute atomic E-state index is 0.173. The summed E-state index contributed by atoms with van der Waals surface area (Å²) >= 11 is 0. The van der Waals surface area contributed by atoms with E-state index in [9.17, 15) is 17.4 Å². The van der Waals surface area contributed by atoms with Crippen molar-refractivity contribution in [2.75, 3.05) is 24.5 Å². The van der Waals surface area contributed by atoms with Crippen LogP contribution in [0.3, 0.4) is 0 Å². The Balaban J connectivity index is 1.40. The van der Waals surface area contributed by atoms with Crippen molar-refractivity contribution in [2.24, 2.45) is 0 Å². The summed E-state index contributed by atoms with van der Waals surface area (Å²) in [6, 6.07) is 7.52. The van der Waals surface area contributed by atoms with E-state index >= 15 is 0 Å². The van der Waals surface area contributed by atoms with Gasteiger partial charge in [0.05, 0.1) is 17.1 Å². The Bertz CT molecular complexity index is 1570. The van der Waals surface area contributed by atoms with Gasteiger partial charge in [-0.1, -0.05) is 19.4 Å². The summed E-state index contributed by atoms with van der Waals surface area (Å²) in [5, 5.41) is 7.14. The van der Waals surface area contributed by atoms with Crippen molar-refractivity contribution in [3.63, 3.8) is 0 Å². The molecular weight excluding hydrogens is 539 g/mol. The molecule has 0 saturated heterocycles. The van der Waals surface area contributed by atoms with Crippen molar-refractivity contribution >= 4 is 22.5 Å². The first-order valence-corrected chi connectivity index (χ1v) is 14.4. The molecule has 1 aliphatic rings. The third-order valence-electron chi connectivity index (χ3n) is 7.24. The number of hydrogen-bond acceptors (Lipinski definition) is 6. The molecule has 1 aliphatic heterocycles. The molecule has 212 valence electrons. The zero-order chi connectivity index (χ0) is 28.6. The van der Waals surface area contributed by atoms with Crippen LogP contribution in [0, 0.1) is 20.8 Å². The Morgan fingerprint density at radius 1 is 1.07 bits per heavy atom. The number of anilines is 1. The van der Waals surface area contributed by atoms with E-state index in [4.69, 9.17) is 4.98 Å². The number of halogens is 3. The Morgan fingerprint density at radius 2 is 1.88 bits per heavy atom. The maximum atomic E-state index is 13.8. The molecule has 0 fully saturated rings. The molecule has 0 amide bonds. The predicted octanol–water partition coefficient (Wildman–Crippen LogP) is 5.20. The number of aryl methyl sites for hydroxylation is 3. The van der Waals surface area contributed by atoms with E-state index in [-0.39, 0.29) is 5.65 Å². The summed E-state index contributed by atoms with van der Waals surface area (Å²) in [5.74, 6) is -0.259. The number of unbranched alkanes of at least 4 members (excludes halogenated alkanes) is 1. The van der Waals surface area contributed by atoms with E-state index < -0.39 is 23.0 Å². The highest BCUT2D eigenvalue weighted by molar-refractivity contribution is 7.82. The van der Waals surface area contributed by atoms with E-state index in [1.165, 1.54) is 6.20 Å². The zero-order valence-corrected chi connectivity index (χ0v) is 23.8. The topological polar surface area (TPSA) is 79.5 Å². The lowest BCUT2D eigenvalue weighted by Crippen LogP contribution is -2.33. The first kappa shape index (κ1) is 28.2. The molecule has 1 unspecified atom stereocenters. The third-order valence-corrected chi connectivity index (χ3v) is 8.70. The van der Waals surface area contributed by atoms with Gasteiger partial charge in [-0.3, -0.25) is 9.38 Å². The molecule has 8 nitrogen and oxygen atoms in total. The molecule has 40 heavy (non-hydrogen) atoms. The van der Waals surface area contributed by atoms with Crippen molar-refractivity contribution in [2.45, 2.75) is 64.6 Å². The van der Waals surface area contributed by atoms with Crippen LogP contribution in [0.25, 0.3) is 5.65 Å². The van der Waals surface area contributed by atoms with Crippen LogP contribution in [0.2, 0.25) is 0 Å². The van der Waals surface area contributed by atoms with Crippen LogP contribution in [0.1, 0.15) is 59.2 Å². The molecule has 0 aliphatic carbocycles. The Morgan fingerprint density at radius 3 is 2.62 bits per heavy atom. The first-order chi connectivity index (χ1) is 19.1. The lowest BCUT2D eigenvalue weighted by Gasteiger charge is -2.23. The van der Waals surface area contributed by atoms with E-state index in [1.807, 2.05) is 42.5 Å². The van der Waals surface area contributed by atoms with Gasteiger partial charge in [0.1, 0.15) is 16.8 Å². The second-order valence-electron chi connectivity index (χ2n) is 10.2. The Labute approximate surface area is 233 Å². The van der Waals surface area contributed by atoms with Crippen molar-refractivity contribution in [1.82, 2.24) is 28.9 Å². The fourth-order valence-electron chi connectivity index (χ4n) is 4.91. The van der Waals surface area contributed by atoms with Crippen LogP contribution < -0.4 is 4.90 Å². The van der Waals surface area contributed by atoms with Crippen molar-refractivity contribution in [3.05, 3.63) is 76.1 Å². The molecule has 12 heteroatoms. The molecule has 0 N–H and O–H groups in total. The molecule has 0 saturated carbocycles. The van der Waals surface area contributed by atoms with Gasteiger partial charge in [-0.2, -0.15) is 13.2 Å². The number of alkyl halides is 3. The standard InChI is InChI=1S/C28H32F3N7OS/c1-5-6-10-36-12-13-37(40(39)24-14-18(2)16-32-26(24)36)17-23-19(3)7-8-22(33-23)15-21-9-11-38-25(20(21)4)34-35-27(38)28(29,30)31/h7-9,11,14,16H,5-6,10,12-13,15,17H2,1-4H3. The van der Waals surface area contributed by atoms with Crippen molar-refractivity contribution < 1.29 is 17.4 Å². The monoisotopic (exact) mass is 571 g/mol. The number of aromatic nitrogens is 5. The summed E-state index contributed by atoms with van der Waals surface area (Å²) in [6.07, 6.45) is 1.10. The van der Waals surface area contributed by atoms with Crippen LogP contribution in [0.15, 0.2) is 41.6 Å². The molecular formula is C28H32F3N7OS. The summed E-state index contributed by atoms with van der Waals surface area (Å²) in [6.45, 7) is 10.4. The summed E-state index contributed by atoms with van der Waals surface area (Å²) in [5.41, 5.74) is 5.14. The normalized spacial score (nSPS) is 16.4. The van der Waals surface area contributed by atoms with Gasteiger partial charge in [0, 0.05) is 44.1 Å². The van der Waals surface area contributed by atoms with Gasteiger partial charge in [-0.25, -0.2) is 13.5 Å². The average molecular weight is 572 g/mol. The van der Waals surface area contributed by atoms with Gasteiger partial charge < -0.3 is 4.90 Å². The number of fused-ring (bicyclic) bond motifs is 2. The van der Waals surface area contributed by atoms with E-state index in [1.54, 1.807) is 13.0 Å². The first-order valence-electron chi connectivity index (χ1n) is 13.3. The lowest BCUT2D eigenvalue weighted by atomic mass is 10.0. The second-order valence-corrected chi connectivity index (χ2v) is 11.7. The average Bonchev–Trinajstić information content (AvgIpc) is 3.32. The third kappa shape index (κ3) is 5.60. The summed E-state index contributed by atoms with van der Waals surface area (Å²) in [4.78, 5) is 12.5. The molecule has 0 spiro atoms. The molecule has 4 aromatic heterocycles. The Kier molecular flexibility index (Phi) is 7.92. The second kappa shape index (κ2) is 11.2. The molecule has 0 radical (unpaired) electrons. The van der Waals surface area contributed by atoms with E-state index in [0.29, 0.717) is 31.6 Å². The molecule has 0 bridgehead atoms. The largest absolute Gasteiger partial charge is 0.452 e. The van der Waals surface area contributed by atoms with Gasteiger partial charge in [0.25, 0.3) is 0 Å². The number of pyridine rings is 3.